The maximum Gasteiger partial charge on any atom is 0.0472 e. The number of rotatable bonds is 6. The molecule has 2 heteroatoms. The van der Waals surface area contributed by atoms with E-state index in [0.29, 0.717) is 5.41 Å². The van der Waals surface area contributed by atoms with E-state index < -0.39 is 0 Å². The van der Waals surface area contributed by atoms with Crippen molar-refractivity contribution in [1.82, 2.24) is 5.32 Å². The Kier molecular flexibility index (Phi) is 4.02. The lowest BCUT2D eigenvalue weighted by Crippen LogP contribution is -2.51. The molecule has 0 amide bonds. The van der Waals surface area contributed by atoms with Crippen molar-refractivity contribution in [2.75, 3.05) is 26.3 Å². The third-order valence-corrected chi connectivity index (χ3v) is 2.60. The summed E-state index contributed by atoms with van der Waals surface area (Å²) in [5, 5.41) is 3.30. The van der Waals surface area contributed by atoms with Crippen molar-refractivity contribution in [3.05, 3.63) is 0 Å². The highest BCUT2D eigenvalue weighted by Crippen LogP contribution is 2.25. The fourth-order valence-corrected chi connectivity index (χ4v) is 1.40. The largest absolute Gasteiger partial charge is 0.381 e. The van der Waals surface area contributed by atoms with Gasteiger partial charge in [-0.25, -0.2) is 0 Å². The summed E-state index contributed by atoms with van der Waals surface area (Å²) in [6.07, 6.45) is 3.65. The molecule has 1 aliphatic rings. The maximum absolute atomic E-state index is 5.52. The molecule has 0 atom stereocenters. The van der Waals surface area contributed by atoms with Gasteiger partial charge in [-0.2, -0.15) is 0 Å². The Morgan fingerprint density at radius 1 is 1.33 bits per heavy atom. The first-order valence-corrected chi connectivity index (χ1v) is 5.05. The summed E-state index contributed by atoms with van der Waals surface area (Å²) in [4.78, 5) is 0. The predicted octanol–water partition coefficient (Wildman–Crippen LogP) is 1.80. The summed E-state index contributed by atoms with van der Waals surface area (Å²) in [6, 6.07) is 0. The van der Waals surface area contributed by atoms with E-state index in [-0.39, 0.29) is 0 Å². The molecule has 0 aromatic heterocycles. The first-order chi connectivity index (χ1) is 5.77. The SMILES string of the molecule is CCCCOCCC1(C)CNC1. The Bertz CT molecular complexity index is 121. The first-order valence-electron chi connectivity index (χ1n) is 5.05. The van der Waals surface area contributed by atoms with Crippen LogP contribution in [0, 0.1) is 5.41 Å². The van der Waals surface area contributed by atoms with Crippen LogP contribution >= 0.6 is 0 Å². The lowest BCUT2D eigenvalue weighted by Gasteiger charge is -2.39. The van der Waals surface area contributed by atoms with Crippen molar-refractivity contribution >= 4 is 0 Å². The van der Waals surface area contributed by atoms with Gasteiger partial charge in [-0.3, -0.25) is 0 Å². The molecule has 0 spiro atoms. The summed E-state index contributed by atoms with van der Waals surface area (Å²) in [6.45, 7) is 8.75. The fourth-order valence-electron chi connectivity index (χ4n) is 1.40. The monoisotopic (exact) mass is 171 g/mol. The zero-order chi connectivity index (χ0) is 8.86. The zero-order valence-corrected chi connectivity index (χ0v) is 8.36. The van der Waals surface area contributed by atoms with Gasteiger partial charge in [0.05, 0.1) is 0 Å². The molecule has 1 N–H and O–H groups in total. The van der Waals surface area contributed by atoms with Gasteiger partial charge in [0.1, 0.15) is 0 Å². The highest BCUT2D eigenvalue weighted by atomic mass is 16.5. The fraction of sp³-hybridized carbons (Fsp3) is 1.00. The summed E-state index contributed by atoms with van der Waals surface area (Å²) >= 11 is 0. The smallest absolute Gasteiger partial charge is 0.0472 e. The van der Waals surface area contributed by atoms with Crippen LogP contribution in [0.3, 0.4) is 0 Å². The van der Waals surface area contributed by atoms with Crippen LogP contribution in [0.5, 0.6) is 0 Å². The molecule has 0 aromatic carbocycles. The molecule has 1 saturated heterocycles. The lowest BCUT2D eigenvalue weighted by atomic mass is 9.81. The van der Waals surface area contributed by atoms with Gasteiger partial charge in [0.2, 0.25) is 0 Å². The van der Waals surface area contributed by atoms with Gasteiger partial charge >= 0.3 is 0 Å². The molecule has 12 heavy (non-hydrogen) atoms. The Morgan fingerprint density at radius 3 is 2.58 bits per heavy atom. The van der Waals surface area contributed by atoms with E-state index in [0.717, 1.165) is 13.2 Å². The van der Waals surface area contributed by atoms with E-state index in [2.05, 4.69) is 19.2 Å². The molecule has 0 unspecified atom stereocenters. The molecule has 0 bridgehead atoms. The standard InChI is InChI=1S/C10H21NO/c1-3-4-6-12-7-5-10(2)8-11-9-10/h11H,3-9H2,1-2H3. The van der Waals surface area contributed by atoms with Crippen molar-refractivity contribution in [3.63, 3.8) is 0 Å². The second-order valence-electron chi connectivity index (χ2n) is 4.13. The number of ether oxygens (including phenoxy) is 1. The molecule has 72 valence electrons. The summed E-state index contributed by atoms with van der Waals surface area (Å²) in [5.41, 5.74) is 0.534. The number of nitrogens with one attached hydrogen (secondary N) is 1. The molecule has 0 saturated carbocycles. The van der Waals surface area contributed by atoms with Crippen LogP contribution in [0.25, 0.3) is 0 Å². The minimum atomic E-state index is 0.534. The predicted molar refractivity (Wildman–Crippen MR) is 51.3 cm³/mol. The highest BCUT2D eigenvalue weighted by molar-refractivity contribution is 4.87. The first kappa shape index (κ1) is 10.0. The van der Waals surface area contributed by atoms with Crippen LogP contribution in [0.2, 0.25) is 0 Å². The summed E-state index contributed by atoms with van der Waals surface area (Å²) in [7, 11) is 0. The van der Waals surface area contributed by atoms with Crippen LogP contribution < -0.4 is 5.32 Å². The average molecular weight is 171 g/mol. The van der Waals surface area contributed by atoms with Gasteiger partial charge in [-0.15, -0.1) is 0 Å². The molecular formula is C10H21NO. The third kappa shape index (κ3) is 3.11. The molecule has 1 heterocycles. The van der Waals surface area contributed by atoms with Gasteiger partial charge in [0, 0.05) is 26.3 Å². The number of unbranched alkanes of at least 4 members (excludes halogenated alkanes) is 1. The van der Waals surface area contributed by atoms with Crippen molar-refractivity contribution in [2.45, 2.75) is 33.1 Å². The van der Waals surface area contributed by atoms with E-state index in [1.54, 1.807) is 0 Å². The van der Waals surface area contributed by atoms with E-state index in [1.165, 1.54) is 32.4 Å². The van der Waals surface area contributed by atoms with E-state index in [1.807, 2.05) is 0 Å². The molecular weight excluding hydrogens is 150 g/mol. The highest BCUT2D eigenvalue weighted by Gasteiger charge is 2.30. The minimum absolute atomic E-state index is 0.534. The Labute approximate surface area is 75.7 Å². The second-order valence-corrected chi connectivity index (χ2v) is 4.13. The molecule has 2 nitrogen and oxygen atoms in total. The van der Waals surface area contributed by atoms with Gasteiger partial charge in [0.25, 0.3) is 0 Å². The van der Waals surface area contributed by atoms with E-state index in [9.17, 15) is 0 Å². The maximum atomic E-state index is 5.52. The van der Waals surface area contributed by atoms with Gasteiger partial charge < -0.3 is 10.1 Å². The number of hydrogen-bond donors (Lipinski definition) is 1. The molecule has 1 fully saturated rings. The molecule has 0 aliphatic carbocycles. The molecule has 1 rings (SSSR count). The van der Waals surface area contributed by atoms with Crippen molar-refractivity contribution < 1.29 is 4.74 Å². The van der Waals surface area contributed by atoms with Crippen LogP contribution in [-0.2, 0) is 4.74 Å². The van der Waals surface area contributed by atoms with Crippen molar-refractivity contribution in [1.29, 1.82) is 0 Å². The molecule has 0 aromatic rings. The van der Waals surface area contributed by atoms with Crippen LogP contribution in [0.1, 0.15) is 33.1 Å². The second kappa shape index (κ2) is 4.83. The third-order valence-electron chi connectivity index (χ3n) is 2.60. The van der Waals surface area contributed by atoms with Gasteiger partial charge in [-0.05, 0) is 18.3 Å². The number of hydrogen-bond acceptors (Lipinski definition) is 2. The normalized spacial score (nSPS) is 20.5. The van der Waals surface area contributed by atoms with Crippen molar-refractivity contribution in [3.8, 4) is 0 Å². The van der Waals surface area contributed by atoms with Crippen LogP contribution in [0.4, 0.5) is 0 Å². The minimum Gasteiger partial charge on any atom is -0.381 e. The van der Waals surface area contributed by atoms with Crippen LogP contribution in [-0.4, -0.2) is 26.3 Å². The average Bonchev–Trinajstić information content (AvgIpc) is 2.01. The summed E-state index contributed by atoms with van der Waals surface area (Å²) < 4.78 is 5.52. The zero-order valence-electron chi connectivity index (χ0n) is 8.36. The molecule has 1 aliphatic heterocycles. The van der Waals surface area contributed by atoms with E-state index in [4.69, 9.17) is 4.74 Å². The van der Waals surface area contributed by atoms with Gasteiger partial charge in [-0.1, -0.05) is 20.3 Å². The van der Waals surface area contributed by atoms with Crippen molar-refractivity contribution in [2.24, 2.45) is 5.41 Å². The van der Waals surface area contributed by atoms with Crippen LogP contribution in [0.15, 0.2) is 0 Å². The Balaban J connectivity index is 1.88. The topological polar surface area (TPSA) is 21.3 Å². The van der Waals surface area contributed by atoms with E-state index >= 15 is 0 Å². The lowest BCUT2D eigenvalue weighted by molar-refractivity contribution is 0.0744. The quantitative estimate of drug-likeness (QED) is 0.615. The molecule has 0 radical (unpaired) electrons. The van der Waals surface area contributed by atoms with Gasteiger partial charge in [0.15, 0.2) is 0 Å². The Morgan fingerprint density at radius 2 is 2.08 bits per heavy atom. The summed E-state index contributed by atoms with van der Waals surface area (Å²) in [5.74, 6) is 0. The Hall–Kier alpha value is -0.0800.